The molecule has 0 radical (unpaired) electrons. The average Bonchev–Trinajstić information content (AvgIpc) is 2.02. The van der Waals surface area contributed by atoms with Crippen molar-refractivity contribution in [1.82, 2.24) is 0 Å². The largest absolute Gasteiger partial charge is 0.0654 e. The standard InChI is InChI=1S/C10H18I2/c1-2-3-4-5-6-7-8-9-10(11)12/h9H,2-8H2,1H3. The second-order valence-electron chi connectivity index (χ2n) is 3.05. The van der Waals surface area contributed by atoms with Gasteiger partial charge in [-0.1, -0.05) is 45.1 Å². The second-order valence-corrected chi connectivity index (χ2v) is 7.44. The molecular weight excluding hydrogens is 374 g/mol. The van der Waals surface area contributed by atoms with Crippen molar-refractivity contribution in [2.75, 3.05) is 0 Å². The van der Waals surface area contributed by atoms with E-state index >= 15 is 0 Å². The molecule has 0 fully saturated rings. The fourth-order valence-corrected chi connectivity index (χ4v) is 1.76. The Morgan fingerprint density at radius 2 is 1.58 bits per heavy atom. The van der Waals surface area contributed by atoms with Crippen molar-refractivity contribution < 1.29 is 0 Å². The van der Waals surface area contributed by atoms with E-state index in [2.05, 4.69) is 58.2 Å². The SMILES string of the molecule is CCCCCCCCC=C(I)I. The van der Waals surface area contributed by atoms with Gasteiger partial charge in [-0.3, -0.25) is 0 Å². The van der Waals surface area contributed by atoms with E-state index < -0.39 is 0 Å². The summed E-state index contributed by atoms with van der Waals surface area (Å²) in [6.07, 6.45) is 12.0. The molecule has 0 heterocycles. The summed E-state index contributed by atoms with van der Waals surface area (Å²) in [6, 6.07) is 0. The van der Waals surface area contributed by atoms with Gasteiger partial charge < -0.3 is 0 Å². The molecule has 0 aliphatic rings. The van der Waals surface area contributed by atoms with E-state index in [0.717, 1.165) is 0 Å². The van der Waals surface area contributed by atoms with Crippen LogP contribution in [0.2, 0.25) is 0 Å². The lowest BCUT2D eigenvalue weighted by Gasteiger charge is -1.97. The van der Waals surface area contributed by atoms with Crippen molar-refractivity contribution in [3.8, 4) is 0 Å². The summed E-state index contributed by atoms with van der Waals surface area (Å²) < 4.78 is 1.40. The molecule has 0 nitrogen and oxygen atoms in total. The molecule has 0 bridgehead atoms. The smallest absolute Gasteiger partial charge is 0.0474 e. The van der Waals surface area contributed by atoms with Crippen LogP contribution in [0, 0.1) is 0 Å². The zero-order chi connectivity index (χ0) is 9.23. The van der Waals surface area contributed by atoms with Crippen molar-refractivity contribution >= 4 is 45.2 Å². The molecule has 0 rings (SSSR count). The lowest BCUT2D eigenvalue weighted by atomic mass is 10.1. The minimum Gasteiger partial charge on any atom is -0.0654 e. The Bertz CT molecular complexity index is 115. The summed E-state index contributed by atoms with van der Waals surface area (Å²) >= 11 is 4.73. The van der Waals surface area contributed by atoms with E-state index in [1.165, 1.54) is 46.5 Å². The number of allylic oxidation sites excluding steroid dienone is 1. The summed E-state index contributed by atoms with van der Waals surface area (Å²) in [4.78, 5) is 0. The Kier molecular flexibility index (Phi) is 11.3. The lowest BCUT2D eigenvalue weighted by molar-refractivity contribution is 0.611. The fourth-order valence-electron chi connectivity index (χ4n) is 1.14. The summed E-state index contributed by atoms with van der Waals surface area (Å²) in [5.41, 5.74) is 0. The van der Waals surface area contributed by atoms with E-state index in [-0.39, 0.29) is 0 Å². The van der Waals surface area contributed by atoms with Gasteiger partial charge in [-0.15, -0.1) is 0 Å². The Morgan fingerprint density at radius 1 is 1.00 bits per heavy atom. The van der Waals surface area contributed by atoms with Gasteiger partial charge in [0.1, 0.15) is 0 Å². The van der Waals surface area contributed by atoms with E-state index in [0.29, 0.717) is 0 Å². The molecule has 0 atom stereocenters. The van der Waals surface area contributed by atoms with Gasteiger partial charge in [0.05, 0.1) is 0 Å². The molecule has 0 aliphatic carbocycles. The predicted octanol–water partition coefficient (Wildman–Crippen LogP) is 5.45. The number of hydrogen-bond donors (Lipinski definition) is 0. The van der Waals surface area contributed by atoms with Gasteiger partial charge in [-0.25, -0.2) is 0 Å². The zero-order valence-corrected chi connectivity index (χ0v) is 12.1. The number of hydrogen-bond acceptors (Lipinski definition) is 0. The number of unbranched alkanes of at least 4 members (excludes halogenated alkanes) is 6. The monoisotopic (exact) mass is 392 g/mol. The number of rotatable bonds is 7. The molecule has 0 aromatic carbocycles. The first-order valence-corrected chi connectivity index (χ1v) is 6.94. The molecule has 2 heteroatoms. The van der Waals surface area contributed by atoms with Crippen molar-refractivity contribution in [3.63, 3.8) is 0 Å². The van der Waals surface area contributed by atoms with Crippen LogP contribution in [0.1, 0.15) is 51.9 Å². The highest BCUT2D eigenvalue weighted by atomic mass is 127. The van der Waals surface area contributed by atoms with Crippen LogP contribution in [0.3, 0.4) is 0 Å². The second kappa shape index (κ2) is 10.3. The van der Waals surface area contributed by atoms with Gasteiger partial charge in [0.15, 0.2) is 0 Å². The Morgan fingerprint density at radius 3 is 2.17 bits per heavy atom. The van der Waals surface area contributed by atoms with E-state index in [1.54, 1.807) is 0 Å². The van der Waals surface area contributed by atoms with Crippen LogP contribution >= 0.6 is 45.2 Å². The van der Waals surface area contributed by atoms with Crippen molar-refractivity contribution in [2.45, 2.75) is 51.9 Å². The summed E-state index contributed by atoms with van der Waals surface area (Å²) in [5, 5.41) is 0. The minimum atomic E-state index is 1.27. The highest BCUT2D eigenvalue weighted by molar-refractivity contribution is 14.2. The molecule has 0 aliphatic heterocycles. The minimum absolute atomic E-state index is 1.27. The third-order valence-electron chi connectivity index (χ3n) is 1.86. The lowest BCUT2D eigenvalue weighted by Crippen LogP contribution is -1.77. The number of halogens is 2. The molecule has 0 saturated heterocycles. The molecule has 0 spiro atoms. The fraction of sp³-hybridized carbons (Fsp3) is 0.800. The van der Waals surface area contributed by atoms with Gasteiger partial charge in [0, 0.05) is 1.59 Å². The summed E-state index contributed by atoms with van der Waals surface area (Å²) in [7, 11) is 0. The van der Waals surface area contributed by atoms with Crippen LogP contribution in [0.25, 0.3) is 0 Å². The third kappa shape index (κ3) is 11.2. The van der Waals surface area contributed by atoms with E-state index in [1.807, 2.05) is 0 Å². The predicted molar refractivity (Wildman–Crippen MR) is 74.1 cm³/mol. The highest BCUT2D eigenvalue weighted by Gasteiger charge is 1.88. The maximum atomic E-state index is 2.36. The first-order chi connectivity index (χ1) is 5.77. The normalized spacial score (nSPS) is 9.92. The molecule has 0 saturated carbocycles. The Labute approximate surface area is 104 Å². The molecule has 0 N–H and O–H groups in total. The van der Waals surface area contributed by atoms with Crippen LogP contribution in [0.15, 0.2) is 7.66 Å². The van der Waals surface area contributed by atoms with Crippen molar-refractivity contribution in [1.29, 1.82) is 0 Å². The van der Waals surface area contributed by atoms with Crippen LogP contribution in [0.4, 0.5) is 0 Å². The van der Waals surface area contributed by atoms with Crippen LogP contribution < -0.4 is 0 Å². The molecule has 72 valence electrons. The molecular formula is C10H18I2. The molecule has 0 unspecified atom stereocenters. The van der Waals surface area contributed by atoms with Crippen molar-refractivity contribution in [2.24, 2.45) is 0 Å². The molecule has 0 aromatic rings. The Balaban J connectivity index is 2.96. The van der Waals surface area contributed by atoms with Crippen LogP contribution in [0.5, 0.6) is 0 Å². The van der Waals surface area contributed by atoms with E-state index in [4.69, 9.17) is 0 Å². The zero-order valence-electron chi connectivity index (χ0n) is 7.78. The quantitative estimate of drug-likeness (QED) is 0.400. The topological polar surface area (TPSA) is 0 Å². The van der Waals surface area contributed by atoms with Gasteiger partial charge in [-0.05, 0) is 58.0 Å². The van der Waals surface area contributed by atoms with E-state index in [9.17, 15) is 0 Å². The first-order valence-electron chi connectivity index (χ1n) is 4.78. The first kappa shape index (κ1) is 13.2. The van der Waals surface area contributed by atoms with Crippen molar-refractivity contribution in [3.05, 3.63) is 7.66 Å². The maximum Gasteiger partial charge on any atom is 0.0474 e. The van der Waals surface area contributed by atoms with Gasteiger partial charge >= 0.3 is 0 Å². The van der Waals surface area contributed by atoms with Crippen LogP contribution in [-0.2, 0) is 0 Å². The average molecular weight is 392 g/mol. The summed E-state index contributed by atoms with van der Waals surface area (Å²) in [6.45, 7) is 2.27. The van der Waals surface area contributed by atoms with Gasteiger partial charge in [0.25, 0.3) is 0 Å². The third-order valence-corrected chi connectivity index (χ3v) is 2.74. The highest BCUT2D eigenvalue weighted by Crippen LogP contribution is 2.17. The molecule has 0 amide bonds. The summed E-state index contributed by atoms with van der Waals surface area (Å²) in [5.74, 6) is 0. The maximum absolute atomic E-state index is 2.36. The Hall–Kier alpha value is 1.20. The van der Waals surface area contributed by atoms with Crippen LogP contribution in [-0.4, -0.2) is 0 Å². The van der Waals surface area contributed by atoms with Gasteiger partial charge in [-0.2, -0.15) is 0 Å². The van der Waals surface area contributed by atoms with Gasteiger partial charge in [0.2, 0.25) is 0 Å². The molecule has 12 heavy (non-hydrogen) atoms. The molecule has 0 aromatic heterocycles.